The van der Waals surface area contributed by atoms with Gasteiger partial charge < -0.3 is 15.5 Å². The molecular formula is C7H13N3S. The lowest BCUT2D eigenvalue weighted by Crippen LogP contribution is -2.72. The minimum Gasteiger partial charge on any atom is -0.376 e. The van der Waals surface area contributed by atoms with Crippen molar-refractivity contribution in [3.8, 4) is 0 Å². The molecule has 0 aromatic heterocycles. The lowest BCUT2D eigenvalue weighted by molar-refractivity contribution is -0.0731. The number of hydrogen-bond acceptors (Lipinski definition) is 2. The van der Waals surface area contributed by atoms with Gasteiger partial charge in [0.1, 0.15) is 0 Å². The maximum atomic E-state index is 5.48. The maximum absolute atomic E-state index is 5.48. The number of thiocarbonyl (C=S) groups is 1. The van der Waals surface area contributed by atoms with E-state index in [1.807, 2.05) is 0 Å². The average molecular weight is 171 g/mol. The third kappa shape index (κ3) is 1.01. The third-order valence-electron chi connectivity index (χ3n) is 2.57. The quantitative estimate of drug-likeness (QED) is 0.497. The van der Waals surface area contributed by atoms with Crippen molar-refractivity contribution in [1.82, 2.24) is 9.80 Å². The monoisotopic (exact) mass is 171 g/mol. The van der Waals surface area contributed by atoms with Gasteiger partial charge in [0.15, 0.2) is 5.11 Å². The molecule has 0 unspecified atom stereocenters. The topological polar surface area (TPSA) is 32.5 Å². The zero-order valence-corrected chi connectivity index (χ0v) is 7.52. The summed E-state index contributed by atoms with van der Waals surface area (Å²) in [6.45, 7) is 4.58. The molecule has 2 heterocycles. The SMILES string of the molecule is CN1CC2(C1)CN(C(N)=S)C2. The van der Waals surface area contributed by atoms with E-state index in [0.717, 1.165) is 13.1 Å². The zero-order chi connectivity index (χ0) is 8.06. The van der Waals surface area contributed by atoms with Crippen molar-refractivity contribution in [2.45, 2.75) is 0 Å². The molecule has 0 bridgehead atoms. The first-order chi connectivity index (χ1) is 5.11. The number of nitrogens with two attached hydrogens (primary N) is 1. The highest BCUT2D eigenvalue weighted by molar-refractivity contribution is 7.80. The second-order valence-corrected chi connectivity index (χ2v) is 4.28. The zero-order valence-electron chi connectivity index (χ0n) is 6.71. The van der Waals surface area contributed by atoms with E-state index in [2.05, 4.69) is 16.8 Å². The highest BCUT2D eigenvalue weighted by atomic mass is 32.1. The fourth-order valence-corrected chi connectivity index (χ4v) is 2.35. The Morgan fingerprint density at radius 1 is 1.36 bits per heavy atom. The molecule has 2 rings (SSSR count). The van der Waals surface area contributed by atoms with Gasteiger partial charge in [-0.2, -0.15) is 0 Å². The first-order valence-electron chi connectivity index (χ1n) is 3.84. The first kappa shape index (κ1) is 7.31. The molecule has 62 valence electrons. The molecule has 0 aromatic rings. The maximum Gasteiger partial charge on any atom is 0.166 e. The predicted octanol–water partition coefficient (Wildman–Crippen LogP) is -0.523. The number of hydrogen-bond donors (Lipinski definition) is 1. The summed E-state index contributed by atoms with van der Waals surface area (Å²) in [7, 11) is 2.15. The average Bonchev–Trinajstić information content (AvgIpc) is 1.73. The van der Waals surface area contributed by atoms with E-state index < -0.39 is 0 Å². The summed E-state index contributed by atoms with van der Waals surface area (Å²) in [5, 5.41) is 0.560. The van der Waals surface area contributed by atoms with Gasteiger partial charge in [0.25, 0.3) is 0 Å². The summed E-state index contributed by atoms with van der Waals surface area (Å²) in [5.41, 5.74) is 6.03. The Labute approximate surface area is 72.1 Å². The number of likely N-dealkylation sites (tertiary alicyclic amines) is 2. The molecule has 2 aliphatic rings. The molecule has 4 heteroatoms. The molecule has 3 nitrogen and oxygen atoms in total. The normalized spacial score (nSPS) is 27.9. The van der Waals surface area contributed by atoms with Gasteiger partial charge in [-0.15, -0.1) is 0 Å². The van der Waals surface area contributed by atoms with Gasteiger partial charge in [0, 0.05) is 31.6 Å². The van der Waals surface area contributed by atoms with Crippen LogP contribution >= 0.6 is 12.2 Å². The van der Waals surface area contributed by atoms with Crippen LogP contribution < -0.4 is 5.73 Å². The summed E-state index contributed by atoms with van der Waals surface area (Å²) in [5.74, 6) is 0. The molecular weight excluding hydrogens is 158 g/mol. The Kier molecular flexibility index (Phi) is 1.38. The van der Waals surface area contributed by atoms with E-state index in [1.54, 1.807) is 0 Å². The molecule has 2 fully saturated rings. The standard InChI is InChI=1S/C7H13N3S/c1-9-2-7(3-9)4-10(5-7)6(8)11/h2-5H2,1H3,(H2,8,11). The van der Waals surface area contributed by atoms with Crippen LogP contribution in [0.15, 0.2) is 0 Å². The van der Waals surface area contributed by atoms with Crippen LogP contribution in [0.1, 0.15) is 0 Å². The van der Waals surface area contributed by atoms with Crippen molar-refractivity contribution in [2.75, 3.05) is 33.2 Å². The summed E-state index contributed by atoms with van der Waals surface area (Å²) >= 11 is 4.86. The van der Waals surface area contributed by atoms with Crippen molar-refractivity contribution < 1.29 is 0 Å². The van der Waals surface area contributed by atoms with E-state index >= 15 is 0 Å². The molecule has 0 saturated carbocycles. The van der Waals surface area contributed by atoms with Crippen LogP contribution in [-0.4, -0.2) is 48.1 Å². The molecule has 2 aliphatic heterocycles. The van der Waals surface area contributed by atoms with Gasteiger partial charge in [-0.25, -0.2) is 0 Å². The highest BCUT2D eigenvalue weighted by Crippen LogP contribution is 2.38. The Morgan fingerprint density at radius 2 is 1.91 bits per heavy atom. The summed E-state index contributed by atoms with van der Waals surface area (Å²) in [6.07, 6.45) is 0. The minimum absolute atomic E-state index is 0.554. The van der Waals surface area contributed by atoms with Gasteiger partial charge in [-0.05, 0) is 19.3 Å². The second-order valence-electron chi connectivity index (χ2n) is 3.87. The fourth-order valence-electron chi connectivity index (χ4n) is 2.22. The van der Waals surface area contributed by atoms with Gasteiger partial charge in [0.05, 0.1) is 0 Å². The Bertz CT molecular complexity index is 190. The van der Waals surface area contributed by atoms with E-state index in [9.17, 15) is 0 Å². The van der Waals surface area contributed by atoms with Gasteiger partial charge in [0.2, 0.25) is 0 Å². The largest absolute Gasteiger partial charge is 0.376 e. The van der Waals surface area contributed by atoms with Gasteiger partial charge in [-0.1, -0.05) is 0 Å². The lowest BCUT2D eigenvalue weighted by Gasteiger charge is -2.59. The Balaban J connectivity index is 1.84. The van der Waals surface area contributed by atoms with E-state index in [-0.39, 0.29) is 0 Å². The molecule has 0 aromatic carbocycles. The third-order valence-corrected chi connectivity index (χ3v) is 2.83. The second kappa shape index (κ2) is 2.08. The highest BCUT2D eigenvalue weighted by Gasteiger charge is 2.50. The van der Waals surface area contributed by atoms with Gasteiger partial charge in [-0.3, -0.25) is 0 Å². The molecule has 0 amide bonds. The van der Waals surface area contributed by atoms with E-state index in [1.165, 1.54) is 13.1 Å². The van der Waals surface area contributed by atoms with Gasteiger partial charge >= 0.3 is 0 Å². The minimum atomic E-state index is 0.554. The molecule has 0 atom stereocenters. The van der Waals surface area contributed by atoms with Crippen LogP contribution in [0, 0.1) is 5.41 Å². The lowest BCUT2D eigenvalue weighted by atomic mass is 9.73. The van der Waals surface area contributed by atoms with Crippen molar-refractivity contribution in [1.29, 1.82) is 0 Å². The Hall–Kier alpha value is -0.350. The van der Waals surface area contributed by atoms with Crippen LogP contribution in [0.2, 0.25) is 0 Å². The molecule has 2 N–H and O–H groups in total. The van der Waals surface area contributed by atoms with E-state index in [0.29, 0.717) is 10.5 Å². The van der Waals surface area contributed by atoms with Crippen molar-refractivity contribution in [2.24, 2.45) is 11.1 Å². The summed E-state index contributed by atoms with van der Waals surface area (Å²) in [6, 6.07) is 0. The van der Waals surface area contributed by atoms with Crippen molar-refractivity contribution in [3.63, 3.8) is 0 Å². The van der Waals surface area contributed by atoms with Crippen LogP contribution in [-0.2, 0) is 0 Å². The molecule has 1 spiro atoms. The number of nitrogens with zero attached hydrogens (tertiary/aromatic N) is 2. The van der Waals surface area contributed by atoms with Crippen LogP contribution in [0.3, 0.4) is 0 Å². The number of rotatable bonds is 0. The Morgan fingerprint density at radius 3 is 2.27 bits per heavy atom. The summed E-state index contributed by atoms with van der Waals surface area (Å²) in [4.78, 5) is 4.40. The van der Waals surface area contributed by atoms with E-state index in [4.69, 9.17) is 18.0 Å². The predicted molar refractivity (Wildman–Crippen MR) is 48.3 cm³/mol. The van der Waals surface area contributed by atoms with Crippen LogP contribution in [0.4, 0.5) is 0 Å². The van der Waals surface area contributed by atoms with Crippen molar-refractivity contribution >= 4 is 17.3 Å². The first-order valence-corrected chi connectivity index (χ1v) is 4.25. The molecule has 11 heavy (non-hydrogen) atoms. The summed E-state index contributed by atoms with van der Waals surface area (Å²) < 4.78 is 0. The molecule has 0 radical (unpaired) electrons. The molecule has 2 saturated heterocycles. The smallest absolute Gasteiger partial charge is 0.166 e. The van der Waals surface area contributed by atoms with Crippen LogP contribution in [0.25, 0.3) is 0 Å². The van der Waals surface area contributed by atoms with Crippen LogP contribution in [0.5, 0.6) is 0 Å². The molecule has 0 aliphatic carbocycles. The van der Waals surface area contributed by atoms with Crippen molar-refractivity contribution in [3.05, 3.63) is 0 Å². The fraction of sp³-hybridized carbons (Fsp3) is 0.857.